The second kappa shape index (κ2) is 6.71. The van der Waals surface area contributed by atoms with Gasteiger partial charge in [-0.25, -0.2) is 9.50 Å². The molecule has 4 aromatic rings. The molecular formula is C24H21N3O. The molecule has 4 heteroatoms. The van der Waals surface area contributed by atoms with Gasteiger partial charge in [-0.15, -0.1) is 0 Å². The first-order valence-electron chi connectivity index (χ1n) is 9.68. The van der Waals surface area contributed by atoms with Crippen molar-refractivity contribution < 1.29 is 4.79 Å². The van der Waals surface area contributed by atoms with Crippen LogP contribution in [0.25, 0.3) is 16.9 Å². The van der Waals surface area contributed by atoms with Crippen molar-refractivity contribution >= 4 is 11.4 Å². The molecule has 1 aliphatic carbocycles. The molecule has 0 bridgehead atoms. The van der Waals surface area contributed by atoms with Gasteiger partial charge in [0.2, 0.25) is 0 Å². The van der Waals surface area contributed by atoms with Crippen LogP contribution in [0.2, 0.25) is 0 Å². The molecule has 2 heterocycles. The molecule has 2 atom stereocenters. The molecule has 4 nitrogen and oxygen atoms in total. The molecular weight excluding hydrogens is 346 g/mol. The zero-order valence-corrected chi connectivity index (χ0v) is 15.7. The van der Waals surface area contributed by atoms with E-state index in [-0.39, 0.29) is 11.7 Å². The average molecular weight is 367 g/mol. The Bertz CT molecular complexity index is 1150. The molecule has 0 spiro atoms. The maximum absolute atomic E-state index is 12.9. The number of carbonyl (C=O) groups excluding carboxylic acids is 1. The lowest BCUT2D eigenvalue weighted by atomic mass is 10.0. The van der Waals surface area contributed by atoms with Gasteiger partial charge >= 0.3 is 0 Å². The number of Topliss-reactive ketones (excluding diaryl/α,β-unsaturated/α-hetero) is 1. The van der Waals surface area contributed by atoms with E-state index in [1.165, 1.54) is 5.56 Å². The Hall–Kier alpha value is -3.27. The number of aryl methyl sites for hydroxylation is 1. The quantitative estimate of drug-likeness (QED) is 0.517. The van der Waals surface area contributed by atoms with Crippen molar-refractivity contribution in [3.8, 4) is 11.3 Å². The van der Waals surface area contributed by atoms with Crippen molar-refractivity contribution in [1.82, 2.24) is 14.6 Å². The Kier molecular flexibility index (Phi) is 4.05. The Morgan fingerprint density at radius 1 is 1.04 bits per heavy atom. The first-order chi connectivity index (χ1) is 13.7. The van der Waals surface area contributed by atoms with Crippen LogP contribution in [-0.4, -0.2) is 20.4 Å². The summed E-state index contributed by atoms with van der Waals surface area (Å²) in [5.41, 5.74) is 5.82. The van der Waals surface area contributed by atoms with Crippen LogP contribution in [0.5, 0.6) is 0 Å². The van der Waals surface area contributed by atoms with Gasteiger partial charge in [-0.3, -0.25) is 4.79 Å². The van der Waals surface area contributed by atoms with Crippen LogP contribution in [0.1, 0.15) is 29.3 Å². The number of hydrogen-bond acceptors (Lipinski definition) is 3. The molecule has 0 saturated heterocycles. The lowest BCUT2D eigenvalue weighted by molar-refractivity contribution is -0.119. The first kappa shape index (κ1) is 16.9. The molecule has 28 heavy (non-hydrogen) atoms. The number of aromatic nitrogens is 3. The van der Waals surface area contributed by atoms with E-state index in [1.54, 1.807) is 0 Å². The second-order valence-corrected chi connectivity index (χ2v) is 7.56. The fraction of sp³-hybridized carbons (Fsp3) is 0.208. The maximum Gasteiger partial charge on any atom is 0.156 e. The minimum atomic E-state index is 0.118. The predicted octanol–water partition coefficient (Wildman–Crippen LogP) is 4.62. The van der Waals surface area contributed by atoms with Gasteiger partial charge in [0.05, 0.1) is 17.1 Å². The Morgan fingerprint density at radius 3 is 2.50 bits per heavy atom. The number of benzene rings is 2. The summed E-state index contributed by atoms with van der Waals surface area (Å²) in [6.07, 6.45) is 1.32. The van der Waals surface area contributed by atoms with E-state index in [4.69, 9.17) is 4.98 Å². The fourth-order valence-corrected chi connectivity index (χ4v) is 3.98. The van der Waals surface area contributed by atoms with Crippen molar-refractivity contribution in [1.29, 1.82) is 0 Å². The standard InChI is InChI=1S/C24H21N3O/c1-16-12-24-25-19(13-22(27(24)26-16)18-10-6-3-7-11-18)14-23(28)21-15-20(21)17-8-4-2-5-9-17/h2-13,20-21H,14-15H2,1H3/t20-,21+/m0/s1. The van der Waals surface area contributed by atoms with Gasteiger partial charge < -0.3 is 0 Å². The number of nitrogens with zero attached hydrogens (tertiary/aromatic N) is 3. The monoisotopic (exact) mass is 367 g/mol. The van der Waals surface area contributed by atoms with Crippen molar-refractivity contribution in [3.05, 3.63) is 89.7 Å². The van der Waals surface area contributed by atoms with E-state index in [1.807, 2.05) is 60.0 Å². The van der Waals surface area contributed by atoms with Crippen LogP contribution in [0, 0.1) is 12.8 Å². The summed E-state index contributed by atoms with van der Waals surface area (Å²) in [7, 11) is 0. The molecule has 2 aromatic carbocycles. The van der Waals surface area contributed by atoms with Crippen LogP contribution < -0.4 is 0 Å². The zero-order valence-electron chi connectivity index (χ0n) is 15.7. The Morgan fingerprint density at radius 2 is 1.75 bits per heavy atom. The smallest absolute Gasteiger partial charge is 0.156 e. The van der Waals surface area contributed by atoms with E-state index in [9.17, 15) is 4.79 Å². The van der Waals surface area contributed by atoms with Crippen LogP contribution in [0.15, 0.2) is 72.8 Å². The Balaban J connectivity index is 1.44. The summed E-state index contributed by atoms with van der Waals surface area (Å²) < 4.78 is 1.86. The zero-order chi connectivity index (χ0) is 19.1. The van der Waals surface area contributed by atoms with Crippen molar-refractivity contribution in [2.45, 2.75) is 25.7 Å². The minimum absolute atomic E-state index is 0.118. The molecule has 5 rings (SSSR count). The molecule has 1 fully saturated rings. The number of rotatable bonds is 5. The fourth-order valence-electron chi connectivity index (χ4n) is 3.98. The Labute approximate surface area is 163 Å². The molecule has 0 amide bonds. The minimum Gasteiger partial charge on any atom is -0.299 e. The van der Waals surface area contributed by atoms with E-state index in [0.29, 0.717) is 12.3 Å². The highest BCUT2D eigenvalue weighted by Gasteiger charge is 2.43. The SMILES string of the molecule is Cc1cc2nc(CC(=O)[C@@H]3C[C@H]3c3ccccc3)cc(-c3ccccc3)n2n1. The van der Waals surface area contributed by atoms with Gasteiger partial charge in [0.25, 0.3) is 0 Å². The van der Waals surface area contributed by atoms with Crippen LogP contribution in [-0.2, 0) is 11.2 Å². The number of hydrogen-bond donors (Lipinski definition) is 0. The summed E-state index contributed by atoms with van der Waals surface area (Å²) in [5, 5.41) is 4.58. The topological polar surface area (TPSA) is 47.3 Å². The molecule has 1 saturated carbocycles. The third-order valence-electron chi connectivity index (χ3n) is 5.46. The summed E-state index contributed by atoms with van der Waals surface area (Å²) in [5.74, 6) is 0.761. The molecule has 0 unspecified atom stereocenters. The van der Waals surface area contributed by atoms with Gasteiger partial charge in [-0.2, -0.15) is 5.10 Å². The van der Waals surface area contributed by atoms with Gasteiger partial charge in [-0.1, -0.05) is 60.7 Å². The number of ketones is 1. The third kappa shape index (κ3) is 3.11. The molecule has 2 aromatic heterocycles. The van der Waals surface area contributed by atoms with E-state index in [2.05, 4.69) is 29.4 Å². The van der Waals surface area contributed by atoms with E-state index < -0.39 is 0 Å². The third-order valence-corrected chi connectivity index (χ3v) is 5.46. The number of carbonyl (C=O) groups is 1. The largest absolute Gasteiger partial charge is 0.299 e. The summed E-state index contributed by atoms with van der Waals surface area (Å²) in [6.45, 7) is 1.96. The van der Waals surface area contributed by atoms with Crippen molar-refractivity contribution in [3.63, 3.8) is 0 Å². The highest BCUT2D eigenvalue weighted by molar-refractivity contribution is 5.87. The molecule has 0 N–H and O–H groups in total. The summed E-state index contributed by atoms with van der Waals surface area (Å²) in [6, 6.07) is 24.4. The second-order valence-electron chi connectivity index (χ2n) is 7.56. The van der Waals surface area contributed by atoms with E-state index >= 15 is 0 Å². The van der Waals surface area contributed by atoms with Crippen molar-refractivity contribution in [2.75, 3.05) is 0 Å². The highest BCUT2D eigenvalue weighted by Crippen LogP contribution is 2.48. The van der Waals surface area contributed by atoms with Gasteiger partial charge in [0.1, 0.15) is 5.78 Å². The van der Waals surface area contributed by atoms with Crippen LogP contribution >= 0.6 is 0 Å². The highest BCUT2D eigenvalue weighted by atomic mass is 16.1. The lowest BCUT2D eigenvalue weighted by Gasteiger charge is -2.08. The normalized spacial score (nSPS) is 18.3. The maximum atomic E-state index is 12.9. The van der Waals surface area contributed by atoms with Gasteiger partial charge in [-0.05, 0) is 30.9 Å². The van der Waals surface area contributed by atoms with Crippen molar-refractivity contribution in [2.24, 2.45) is 5.92 Å². The molecule has 0 aliphatic heterocycles. The van der Waals surface area contributed by atoms with Crippen LogP contribution in [0.4, 0.5) is 0 Å². The molecule has 0 radical (unpaired) electrons. The molecule has 1 aliphatic rings. The number of fused-ring (bicyclic) bond motifs is 1. The van der Waals surface area contributed by atoms with Gasteiger partial charge in [0.15, 0.2) is 5.65 Å². The average Bonchev–Trinajstić information content (AvgIpc) is 3.44. The van der Waals surface area contributed by atoms with E-state index in [0.717, 1.165) is 34.7 Å². The van der Waals surface area contributed by atoms with Crippen LogP contribution in [0.3, 0.4) is 0 Å². The summed E-state index contributed by atoms with van der Waals surface area (Å²) >= 11 is 0. The lowest BCUT2D eigenvalue weighted by Crippen LogP contribution is -2.09. The molecule has 138 valence electrons. The first-order valence-corrected chi connectivity index (χ1v) is 9.68. The predicted molar refractivity (Wildman–Crippen MR) is 109 cm³/mol. The summed E-state index contributed by atoms with van der Waals surface area (Å²) in [4.78, 5) is 17.6. The van der Waals surface area contributed by atoms with Gasteiger partial charge in [0, 0.05) is 24.0 Å².